The van der Waals surface area contributed by atoms with Crippen molar-refractivity contribution in [2.24, 2.45) is 0 Å². The van der Waals surface area contributed by atoms with Crippen molar-refractivity contribution in [3.05, 3.63) is 47.3 Å². The molecule has 0 unspecified atom stereocenters. The normalized spacial score (nSPS) is 16.2. The Morgan fingerprint density at radius 3 is 2.65 bits per heavy atom. The van der Waals surface area contributed by atoms with Gasteiger partial charge in [-0.1, -0.05) is 37.6 Å². The third kappa shape index (κ3) is 4.38. The molecule has 7 nitrogen and oxygen atoms in total. The van der Waals surface area contributed by atoms with Crippen LogP contribution in [0.15, 0.2) is 30.3 Å². The zero-order valence-corrected chi connectivity index (χ0v) is 18.6. The summed E-state index contributed by atoms with van der Waals surface area (Å²) >= 11 is 0. The molecule has 164 valence electrons. The number of hydrogen-bond donors (Lipinski definition) is 3. The van der Waals surface area contributed by atoms with Crippen molar-refractivity contribution >= 4 is 40.7 Å². The van der Waals surface area contributed by atoms with Gasteiger partial charge in [0.2, 0.25) is 0 Å². The second-order valence-electron chi connectivity index (χ2n) is 8.23. The summed E-state index contributed by atoms with van der Waals surface area (Å²) in [4.78, 5) is 20.2. The van der Waals surface area contributed by atoms with Gasteiger partial charge in [-0.15, -0.1) is 12.4 Å². The molecule has 1 saturated heterocycles. The van der Waals surface area contributed by atoms with Crippen LogP contribution in [0, 0.1) is 0 Å². The standard InChI is InChI=1S/C23H28N6O.ClH/c1-2-5-17-16-6-3-4-7-18(16)22(25-20-14-19(27-28-20)15-8-9-15)26-21(17)23(30)29-12-10-24-11-13-29;/h3-4,6-7,14-15,24H,2,5,8-13H2,1H3,(H2,25,26,27,28);1H. The predicted octanol–water partition coefficient (Wildman–Crippen LogP) is 4.00. The van der Waals surface area contributed by atoms with Crippen LogP contribution in [0.25, 0.3) is 10.8 Å². The summed E-state index contributed by atoms with van der Waals surface area (Å²) in [5.74, 6) is 2.07. The lowest BCUT2D eigenvalue weighted by atomic mass is 9.99. The largest absolute Gasteiger partial charge is 0.335 e. The summed E-state index contributed by atoms with van der Waals surface area (Å²) in [6.45, 7) is 5.22. The number of carbonyl (C=O) groups excluding carboxylic acids is 1. The molecule has 1 aliphatic carbocycles. The van der Waals surface area contributed by atoms with Crippen LogP contribution in [-0.4, -0.2) is 52.2 Å². The fourth-order valence-electron chi connectivity index (χ4n) is 4.24. The minimum absolute atomic E-state index is 0. The number of aromatic amines is 1. The second-order valence-corrected chi connectivity index (χ2v) is 8.23. The Bertz CT molecular complexity index is 1070. The van der Waals surface area contributed by atoms with Crippen molar-refractivity contribution in [1.82, 2.24) is 25.4 Å². The number of H-pyrrole nitrogens is 1. The number of aryl methyl sites for hydroxylation is 1. The first kappa shape index (κ1) is 21.6. The molecule has 3 aromatic rings. The lowest BCUT2D eigenvalue weighted by Gasteiger charge is -2.28. The van der Waals surface area contributed by atoms with Crippen LogP contribution in [0.3, 0.4) is 0 Å². The molecule has 0 atom stereocenters. The molecule has 31 heavy (non-hydrogen) atoms. The van der Waals surface area contributed by atoms with Gasteiger partial charge in [-0.3, -0.25) is 9.89 Å². The van der Waals surface area contributed by atoms with Crippen molar-refractivity contribution in [2.75, 3.05) is 31.5 Å². The first-order valence-corrected chi connectivity index (χ1v) is 11.0. The zero-order valence-electron chi connectivity index (χ0n) is 17.8. The van der Waals surface area contributed by atoms with E-state index in [-0.39, 0.29) is 18.3 Å². The van der Waals surface area contributed by atoms with E-state index in [2.05, 4.69) is 46.0 Å². The molecular formula is C23H29ClN6O. The molecule has 3 heterocycles. The van der Waals surface area contributed by atoms with Crippen LogP contribution in [0.2, 0.25) is 0 Å². The Kier molecular flexibility index (Phi) is 6.43. The Hall–Kier alpha value is -2.64. The van der Waals surface area contributed by atoms with Crippen molar-refractivity contribution in [1.29, 1.82) is 0 Å². The Balaban J connectivity index is 0.00000231. The van der Waals surface area contributed by atoms with E-state index in [1.165, 1.54) is 18.5 Å². The van der Waals surface area contributed by atoms with Crippen LogP contribution in [0.5, 0.6) is 0 Å². The summed E-state index contributed by atoms with van der Waals surface area (Å²) in [6.07, 6.45) is 4.23. The van der Waals surface area contributed by atoms with Crippen LogP contribution >= 0.6 is 12.4 Å². The molecule has 1 aromatic carbocycles. The van der Waals surface area contributed by atoms with E-state index < -0.39 is 0 Å². The topological polar surface area (TPSA) is 85.9 Å². The number of nitrogens with zero attached hydrogens (tertiary/aromatic N) is 3. The second kappa shape index (κ2) is 9.24. The molecular weight excluding hydrogens is 412 g/mol. The maximum absolute atomic E-state index is 13.4. The van der Waals surface area contributed by atoms with E-state index in [1.807, 2.05) is 17.0 Å². The SMILES string of the molecule is CCCc1c(C(=O)N2CCNCC2)nc(Nc2cc(C3CC3)[nH]n2)c2ccccc12.Cl. The first-order chi connectivity index (χ1) is 14.7. The highest BCUT2D eigenvalue weighted by molar-refractivity contribution is 6.03. The number of anilines is 2. The number of pyridine rings is 1. The van der Waals surface area contributed by atoms with Gasteiger partial charge in [0, 0.05) is 49.2 Å². The number of nitrogens with one attached hydrogen (secondary N) is 3. The third-order valence-electron chi connectivity index (χ3n) is 5.98. The van der Waals surface area contributed by atoms with E-state index in [1.54, 1.807) is 0 Å². The van der Waals surface area contributed by atoms with Gasteiger partial charge in [-0.05, 0) is 30.2 Å². The number of aromatic nitrogens is 3. The molecule has 5 rings (SSSR count). The van der Waals surface area contributed by atoms with Gasteiger partial charge < -0.3 is 15.5 Å². The van der Waals surface area contributed by atoms with Gasteiger partial charge in [0.1, 0.15) is 11.5 Å². The summed E-state index contributed by atoms with van der Waals surface area (Å²) < 4.78 is 0. The molecule has 1 saturated carbocycles. The fourth-order valence-corrected chi connectivity index (χ4v) is 4.24. The molecule has 0 radical (unpaired) electrons. The molecule has 1 amide bonds. The molecule has 0 bridgehead atoms. The summed E-state index contributed by atoms with van der Waals surface area (Å²) in [5.41, 5.74) is 2.78. The Morgan fingerprint density at radius 1 is 1.19 bits per heavy atom. The van der Waals surface area contributed by atoms with Crippen molar-refractivity contribution < 1.29 is 4.79 Å². The maximum atomic E-state index is 13.4. The Labute approximate surface area is 188 Å². The molecule has 8 heteroatoms. The van der Waals surface area contributed by atoms with Crippen molar-refractivity contribution in [2.45, 2.75) is 38.5 Å². The maximum Gasteiger partial charge on any atom is 0.272 e. The third-order valence-corrected chi connectivity index (χ3v) is 5.98. The van der Waals surface area contributed by atoms with Gasteiger partial charge in [-0.2, -0.15) is 5.10 Å². The summed E-state index contributed by atoms with van der Waals surface area (Å²) in [5, 5.41) is 16.4. The van der Waals surface area contributed by atoms with E-state index in [9.17, 15) is 4.79 Å². The highest BCUT2D eigenvalue weighted by Gasteiger charge is 2.27. The number of hydrogen-bond acceptors (Lipinski definition) is 5. The van der Waals surface area contributed by atoms with E-state index in [4.69, 9.17) is 4.98 Å². The van der Waals surface area contributed by atoms with Gasteiger partial charge in [0.25, 0.3) is 5.91 Å². The number of halogens is 1. The number of piperazine rings is 1. The average molecular weight is 441 g/mol. The van der Waals surface area contributed by atoms with E-state index >= 15 is 0 Å². The zero-order chi connectivity index (χ0) is 20.5. The van der Waals surface area contributed by atoms with Crippen LogP contribution < -0.4 is 10.6 Å². The minimum atomic E-state index is 0. The predicted molar refractivity (Wildman–Crippen MR) is 126 cm³/mol. The highest BCUT2D eigenvalue weighted by atomic mass is 35.5. The van der Waals surface area contributed by atoms with E-state index in [0.717, 1.165) is 48.1 Å². The molecule has 0 spiro atoms. The first-order valence-electron chi connectivity index (χ1n) is 11.0. The monoisotopic (exact) mass is 440 g/mol. The number of amides is 1. The molecule has 1 aliphatic heterocycles. The fraction of sp³-hybridized carbons (Fsp3) is 0.435. The van der Waals surface area contributed by atoms with Gasteiger partial charge in [0.15, 0.2) is 5.82 Å². The Morgan fingerprint density at radius 2 is 1.94 bits per heavy atom. The molecule has 2 aliphatic rings. The number of carbonyl (C=O) groups is 1. The van der Waals surface area contributed by atoms with Gasteiger partial charge in [0.05, 0.1) is 0 Å². The number of benzene rings is 1. The van der Waals surface area contributed by atoms with Gasteiger partial charge in [-0.25, -0.2) is 4.98 Å². The van der Waals surface area contributed by atoms with Gasteiger partial charge >= 0.3 is 0 Å². The minimum Gasteiger partial charge on any atom is -0.335 e. The highest BCUT2D eigenvalue weighted by Crippen LogP contribution is 2.40. The summed E-state index contributed by atoms with van der Waals surface area (Å²) in [7, 11) is 0. The summed E-state index contributed by atoms with van der Waals surface area (Å²) in [6, 6.07) is 10.3. The number of fused-ring (bicyclic) bond motifs is 1. The quantitative estimate of drug-likeness (QED) is 0.539. The number of rotatable bonds is 6. The van der Waals surface area contributed by atoms with Crippen LogP contribution in [0.4, 0.5) is 11.6 Å². The molecule has 2 fully saturated rings. The average Bonchev–Trinajstić information content (AvgIpc) is 3.54. The van der Waals surface area contributed by atoms with Crippen molar-refractivity contribution in [3.63, 3.8) is 0 Å². The van der Waals surface area contributed by atoms with E-state index in [0.29, 0.717) is 30.5 Å². The van der Waals surface area contributed by atoms with Crippen molar-refractivity contribution in [3.8, 4) is 0 Å². The molecule has 3 N–H and O–H groups in total. The van der Waals surface area contributed by atoms with Crippen LogP contribution in [-0.2, 0) is 6.42 Å². The van der Waals surface area contributed by atoms with Crippen LogP contribution in [0.1, 0.15) is 53.8 Å². The molecule has 2 aromatic heterocycles. The lowest BCUT2D eigenvalue weighted by Crippen LogP contribution is -2.46. The lowest BCUT2D eigenvalue weighted by molar-refractivity contribution is 0.0729. The smallest absolute Gasteiger partial charge is 0.272 e.